The predicted molar refractivity (Wildman–Crippen MR) is 123 cm³/mol. The molecule has 0 fully saturated rings. The van der Waals surface area contributed by atoms with Crippen LogP contribution in [0, 0.1) is 11.3 Å². The number of aromatic hydroxyl groups is 1. The number of aromatic nitrogens is 2. The Balaban J connectivity index is 2.26. The molecular weight excluding hydrogens is 494 g/mol. The molecule has 0 saturated carbocycles. The maximum absolute atomic E-state index is 13.3. The number of hydrogen-bond acceptors (Lipinski definition) is 6. The summed E-state index contributed by atoms with van der Waals surface area (Å²) in [5, 5.41) is 20.4. The van der Waals surface area contributed by atoms with Crippen LogP contribution in [0.3, 0.4) is 0 Å². The summed E-state index contributed by atoms with van der Waals surface area (Å²) in [6.07, 6.45) is 1.92. The van der Waals surface area contributed by atoms with Gasteiger partial charge >= 0.3 is 0 Å². The highest BCUT2D eigenvalue weighted by Gasteiger charge is 2.31. The zero-order valence-electron chi connectivity index (χ0n) is 17.6. The molecule has 7 nitrogen and oxygen atoms in total. The van der Waals surface area contributed by atoms with Crippen LogP contribution in [0.2, 0.25) is 0 Å². The second-order valence-corrected chi connectivity index (χ2v) is 10.1. The molecule has 1 heterocycles. The molecule has 9 heteroatoms. The van der Waals surface area contributed by atoms with Gasteiger partial charge in [-0.1, -0.05) is 41.4 Å². The molecule has 0 aliphatic rings. The number of aryl methyl sites for hydroxylation is 1. The number of sulfone groups is 1. The smallest absolute Gasteiger partial charge is 0.296 e. The lowest BCUT2D eigenvalue weighted by molar-refractivity contribution is 0.369. The van der Waals surface area contributed by atoms with Gasteiger partial charge < -0.3 is 5.11 Å². The monoisotopic (exact) mass is 515 g/mol. The molecule has 166 valence electrons. The van der Waals surface area contributed by atoms with E-state index in [0.717, 1.165) is 6.42 Å². The van der Waals surface area contributed by atoms with Crippen LogP contribution in [0.5, 0.6) is 5.88 Å². The highest BCUT2D eigenvalue weighted by Crippen LogP contribution is 2.32. The van der Waals surface area contributed by atoms with Crippen LogP contribution in [0.15, 0.2) is 67.6 Å². The molecule has 1 atom stereocenters. The van der Waals surface area contributed by atoms with Crippen molar-refractivity contribution in [3.05, 3.63) is 80.3 Å². The summed E-state index contributed by atoms with van der Waals surface area (Å²) in [6.45, 7) is 3.74. The van der Waals surface area contributed by atoms with Crippen LogP contribution in [0.1, 0.15) is 49.7 Å². The van der Waals surface area contributed by atoms with E-state index in [4.69, 9.17) is 0 Å². The van der Waals surface area contributed by atoms with E-state index in [2.05, 4.69) is 27.0 Å². The lowest BCUT2D eigenvalue weighted by Gasteiger charge is -2.23. The first-order chi connectivity index (χ1) is 15.2. The number of halogens is 1. The van der Waals surface area contributed by atoms with Crippen molar-refractivity contribution >= 4 is 25.8 Å². The van der Waals surface area contributed by atoms with Crippen molar-refractivity contribution in [2.45, 2.75) is 48.9 Å². The van der Waals surface area contributed by atoms with Gasteiger partial charge in [0.15, 0.2) is 4.90 Å². The van der Waals surface area contributed by atoms with E-state index >= 15 is 0 Å². The van der Waals surface area contributed by atoms with Crippen LogP contribution in [0.4, 0.5) is 0 Å². The molecule has 32 heavy (non-hydrogen) atoms. The maximum Gasteiger partial charge on any atom is 0.296 e. The normalized spacial score (nSPS) is 12.3. The second-order valence-electron chi connectivity index (χ2n) is 7.33. The maximum atomic E-state index is 13.3. The fourth-order valence-electron chi connectivity index (χ4n) is 3.45. The Bertz CT molecular complexity index is 1340. The third-order valence-electron chi connectivity index (χ3n) is 5.17. The van der Waals surface area contributed by atoms with Gasteiger partial charge in [0, 0.05) is 10.9 Å². The summed E-state index contributed by atoms with van der Waals surface area (Å²) in [5.74, 6) is -0.368. The second kappa shape index (κ2) is 9.67. The van der Waals surface area contributed by atoms with Crippen LogP contribution >= 0.6 is 15.9 Å². The lowest BCUT2D eigenvalue weighted by Crippen LogP contribution is -2.27. The van der Waals surface area contributed by atoms with Crippen molar-refractivity contribution in [1.29, 1.82) is 5.26 Å². The van der Waals surface area contributed by atoms with E-state index in [9.17, 15) is 23.6 Å². The van der Waals surface area contributed by atoms with Gasteiger partial charge in [0.25, 0.3) is 5.56 Å². The first-order valence-corrected chi connectivity index (χ1v) is 12.3. The van der Waals surface area contributed by atoms with Gasteiger partial charge in [-0.3, -0.25) is 9.36 Å². The van der Waals surface area contributed by atoms with Gasteiger partial charge in [-0.15, -0.1) is 0 Å². The van der Waals surface area contributed by atoms with Gasteiger partial charge in [0.2, 0.25) is 15.7 Å². The van der Waals surface area contributed by atoms with Crippen LogP contribution in [0.25, 0.3) is 0 Å². The number of nitriles is 1. The first-order valence-electron chi connectivity index (χ1n) is 10.1. The minimum atomic E-state index is -4.32. The van der Waals surface area contributed by atoms with Crippen molar-refractivity contribution in [1.82, 2.24) is 9.55 Å². The number of hydrogen-bond donors (Lipinski definition) is 1. The van der Waals surface area contributed by atoms with Crippen molar-refractivity contribution in [3.63, 3.8) is 0 Å². The SMILES string of the molecule is CCCCc1nc(=O)c(S(=O)(=O)c2ccc(Br)cc2)c(O)n1[C@H](C)c1cccc(C#N)c1. The van der Waals surface area contributed by atoms with E-state index in [1.807, 2.05) is 6.92 Å². The largest absolute Gasteiger partial charge is 0.493 e. The molecule has 3 rings (SSSR count). The molecule has 0 amide bonds. The fourth-order valence-corrected chi connectivity index (χ4v) is 5.06. The molecular formula is C23H22BrN3O4S. The first kappa shape index (κ1) is 23.7. The minimum Gasteiger partial charge on any atom is -0.493 e. The number of nitrogens with zero attached hydrogens (tertiary/aromatic N) is 3. The molecule has 1 N–H and O–H groups in total. The summed E-state index contributed by atoms with van der Waals surface area (Å²) < 4.78 is 28.6. The predicted octanol–water partition coefficient (Wildman–Crippen LogP) is 4.37. The Morgan fingerprint density at radius 2 is 1.91 bits per heavy atom. The highest BCUT2D eigenvalue weighted by molar-refractivity contribution is 9.10. The molecule has 0 aliphatic heterocycles. The highest BCUT2D eigenvalue weighted by atomic mass is 79.9. The summed E-state index contributed by atoms with van der Waals surface area (Å²) in [5.41, 5.74) is 0.112. The lowest BCUT2D eigenvalue weighted by atomic mass is 10.0. The zero-order valence-corrected chi connectivity index (χ0v) is 20.0. The summed E-state index contributed by atoms with van der Waals surface area (Å²) >= 11 is 3.25. The van der Waals surface area contributed by atoms with Crippen molar-refractivity contribution in [2.75, 3.05) is 0 Å². The van der Waals surface area contributed by atoms with E-state index in [1.54, 1.807) is 43.3 Å². The summed E-state index contributed by atoms with van der Waals surface area (Å²) in [6, 6.07) is 14.1. The number of benzene rings is 2. The Hall–Kier alpha value is -2.96. The Labute approximate surface area is 195 Å². The van der Waals surface area contributed by atoms with E-state index in [-0.39, 0.29) is 4.90 Å². The fraction of sp³-hybridized carbons (Fsp3) is 0.261. The average molecular weight is 516 g/mol. The number of rotatable bonds is 7. The topological polar surface area (TPSA) is 113 Å². The van der Waals surface area contributed by atoms with Crippen molar-refractivity contribution in [3.8, 4) is 11.9 Å². The molecule has 0 spiro atoms. The summed E-state index contributed by atoms with van der Waals surface area (Å²) in [4.78, 5) is 16.0. The zero-order chi connectivity index (χ0) is 23.5. The van der Waals surface area contributed by atoms with Gasteiger partial charge in [-0.2, -0.15) is 10.2 Å². The Morgan fingerprint density at radius 3 is 2.53 bits per heavy atom. The third-order valence-corrected chi connectivity index (χ3v) is 7.48. The molecule has 3 aromatic rings. The van der Waals surface area contributed by atoms with Crippen LogP contribution in [-0.4, -0.2) is 23.1 Å². The molecule has 0 aliphatic carbocycles. The molecule has 2 aromatic carbocycles. The molecule has 0 saturated heterocycles. The minimum absolute atomic E-state index is 0.123. The standard InChI is InChI=1S/C23H22BrN3O4S/c1-3-4-8-20-26-22(28)21(32(30,31)19-11-9-18(24)10-12-19)23(29)27(20)15(2)17-7-5-6-16(13-17)14-25/h5-7,9-13,15,29H,3-4,8H2,1-2H3/t15-/m1/s1. The average Bonchev–Trinajstić information content (AvgIpc) is 2.77. The Kier molecular flexibility index (Phi) is 7.16. The molecule has 0 radical (unpaired) electrons. The van der Waals surface area contributed by atoms with E-state index in [1.165, 1.54) is 16.7 Å². The van der Waals surface area contributed by atoms with Crippen molar-refractivity contribution in [2.24, 2.45) is 0 Å². The Morgan fingerprint density at radius 1 is 1.22 bits per heavy atom. The molecule has 1 aromatic heterocycles. The van der Waals surface area contributed by atoms with Crippen LogP contribution in [-0.2, 0) is 16.3 Å². The van der Waals surface area contributed by atoms with Crippen molar-refractivity contribution < 1.29 is 13.5 Å². The summed E-state index contributed by atoms with van der Waals surface area (Å²) in [7, 11) is -4.32. The molecule has 0 unspecified atom stereocenters. The van der Waals surface area contributed by atoms with E-state index in [0.29, 0.717) is 34.3 Å². The van der Waals surface area contributed by atoms with E-state index < -0.39 is 32.2 Å². The van der Waals surface area contributed by atoms with Gasteiger partial charge in [0.1, 0.15) is 5.82 Å². The number of unbranched alkanes of at least 4 members (excludes halogenated alkanes) is 1. The van der Waals surface area contributed by atoms with Gasteiger partial charge in [-0.05, 0) is 55.3 Å². The third kappa shape index (κ3) is 4.61. The molecule has 0 bridgehead atoms. The van der Waals surface area contributed by atoms with Gasteiger partial charge in [-0.25, -0.2) is 8.42 Å². The quantitative estimate of drug-likeness (QED) is 0.499. The van der Waals surface area contributed by atoms with Gasteiger partial charge in [0.05, 0.1) is 22.6 Å². The van der Waals surface area contributed by atoms with Crippen LogP contribution < -0.4 is 5.56 Å².